The van der Waals surface area contributed by atoms with Gasteiger partial charge in [-0.25, -0.2) is 17.8 Å². The predicted octanol–water partition coefficient (Wildman–Crippen LogP) is 1.72. The normalized spacial score (nSPS) is 12.0. The Bertz CT molecular complexity index is 776. The molecule has 2 rings (SSSR count). The van der Waals surface area contributed by atoms with Crippen LogP contribution in [0.2, 0.25) is 0 Å². The topological polar surface area (TPSA) is 81.2 Å². The van der Waals surface area contributed by atoms with Crippen LogP contribution in [0, 0.1) is 5.82 Å². The minimum atomic E-state index is -3.84. The van der Waals surface area contributed by atoms with Gasteiger partial charge in [-0.2, -0.15) is 4.31 Å². The van der Waals surface area contributed by atoms with E-state index in [4.69, 9.17) is 5.73 Å². The van der Waals surface area contributed by atoms with Crippen LogP contribution in [0.4, 0.5) is 10.1 Å². The minimum Gasteiger partial charge on any atom is -0.398 e. The fraction of sp³-hybridized carbons (Fsp3) is 0.250. The lowest BCUT2D eigenvalue weighted by molar-refractivity contribution is 0.451. The molecule has 0 aliphatic heterocycles. The van der Waals surface area contributed by atoms with Crippen molar-refractivity contribution in [2.45, 2.75) is 11.4 Å². The molecule has 9 heteroatoms. The van der Waals surface area contributed by atoms with Gasteiger partial charge in [0.15, 0.2) is 0 Å². The average molecular weight is 377 g/mol. The van der Waals surface area contributed by atoms with E-state index in [9.17, 15) is 12.8 Å². The maximum atomic E-state index is 13.4. The number of nitrogens with zero attached hydrogens (tertiary/aromatic N) is 3. The first-order chi connectivity index (χ1) is 9.73. The summed E-state index contributed by atoms with van der Waals surface area (Å²) in [6.45, 7) is 0.0836. The molecule has 0 aliphatic rings. The van der Waals surface area contributed by atoms with Crippen molar-refractivity contribution in [2.24, 2.45) is 7.05 Å². The number of aromatic nitrogens is 2. The van der Waals surface area contributed by atoms with Gasteiger partial charge in [-0.05, 0) is 28.1 Å². The summed E-state index contributed by atoms with van der Waals surface area (Å²) in [5, 5.41) is 0. The van der Waals surface area contributed by atoms with E-state index in [1.54, 1.807) is 24.0 Å². The second kappa shape index (κ2) is 5.74. The van der Waals surface area contributed by atoms with Crippen molar-refractivity contribution in [3.63, 3.8) is 0 Å². The predicted molar refractivity (Wildman–Crippen MR) is 80.4 cm³/mol. The van der Waals surface area contributed by atoms with E-state index in [1.165, 1.54) is 7.05 Å². The van der Waals surface area contributed by atoms with Gasteiger partial charge in [0.1, 0.15) is 16.5 Å². The van der Waals surface area contributed by atoms with Gasteiger partial charge in [0, 0.05) is 26.5 Å². The summed E-state index contributed by atoms with van der Waals surface area (Å²) >= 11 is 2.96. The molecule has 1 heterocycles. The number of nitrogen functional groups attached to an aromatic ring is 1. The van der Waals surface area contributed by atoms with Crippen LogP contribution in [0.15, 0.2) is 33.9 Å². The number of nitrogens with two attached hydrogens (primary N) is 1. The maximum absolute atomic E-state index is 13.4. The molecule has 0 unspecified atom stereocenters. The number of hydrogen-bond donors (Lipinski definition) is 1. The van der Waals surface area contributed by atoms with Gasteiger partial charge < -0.3 is 10.3 Å². The van der Waals surface area contributed by atoms with Crippen LogP contribution in [0.1, 0.15) is 5.82 Å². The largest absolute Gasteiger partial charge is 0.398 e. The Balaban J connectivity index is 2.38. The summed E-state index contributed by atoms with van der Waals surface area (Å²) in [5.74, 6) is -0.0287. The van der Waals surface area contributed by atoms with Gasteiger partial charge >= 0.3 is 0 Å². The second-order valence-electron chi connectivity index (χ2n) is 4.52. The van der Waals surface area contributed by atoms with Crippen molar-refractivity contribution in [3.05, 3.63) is 40.6 Å². The molecule has 0 saturated carbocycles. The van der Waals surface area contributed by atoms with Crippen molar-refractivity contribution >= 4 is 31.6 Å². The van der Waals surface area contributed by atoms with Gasteiger partial charge in [-0.1, -0.05) is 0 Å². The van der Waals surface area contributed by atoms with E-state index < -0.39 is 15.8 Å². The number of rotatable bonds is 4. The van der Waals surface area contributed by atoms with Gasteiger partial charge in [-0.15, -0.1) is 0 Å². The molecule has 0 bridgehead atoms. The van der Waals surface area contributed by atoms with Gasteiger partial charge in [0.25, 0.3) is 0 Å². The lowest BCUT2D eigenvalue weighted by atomic mass is 10.3. The molecule has 0 spiro atoms. The van der Waals surface area contributed by atoms with Crippen molar-refractivity contribution in [2.75, 3.05) is 12.8 Å². The zero-order valence-electron chi connectivity index (χ0n) is 11.4. The highest BCUT2D eigenvalue weighted by Crippen LogP contribution is 2.28. The summed E-state index contributed by atoms with van der Waals surface area (Å²) in [6, 6.07) is 2.14. The van der Waals surface area contributed by atoms with Gasteiger partial charge in [-0.3, -0.25) is 0 Å². The number of benzene rings is 1. The van der Waals surface area contributed by atoms with E-state index in [-0.39, 0.29) is 21.6 Å². The Hall–Kier alpha value is -1.45. The highest BCUT2D eigenvalue weighted by molar-refractivity contribution is 9.10. The van der Waals surface area contributed by atoms with Crippen molar-refractivity contribution in [3.8, 4) is 0 Å². The third kappa shape index (κ3) is 3.09. The highest BCUT2D eigenvalue weighted by Gasteiger charge is 2.25. The van der Waals surface area contributed by atoms with E-state index in [1.807, 2.05) is 0 Å². The molecular formula is C12H14BrFN4O2S. The molecule has 0 aliphatic carbocycles. The number of hydrogen-bond acceptors (Lipinski definition) is 4. The fourth-order valence-electron chi connectivity index (χ4n) is 1.77. The first-order valence-corrected chi connectivity index (χ1v) is 8.14. The lowest BCUT2D eigenvalue weighted by Gasteiger charge is -2.18. The molecule has 0 fully saturated rings. The smallest absolute Gasteiger partial charge is 0.245 e. The highest BCUT2D eigenvalue weighted by atomic mass is 79.9. The van der Waals surface area contributed by atoms with Crippen LogP contribution in [0.25, 0.3) is 0 Å². The zero-order valence-corrected chi connectivity index (χ0v) is 13.8. The molecule has 0 amide bonds. The Labute approximate surface area is 130 Å². The van der Waals surface area contributed by atoms with E-state index in [2.05, 4.69) is 20.9 Å². The molecular weight excluding hydrogens is 363 g/mol. The zero-order chi connectivity index (χ0) is 15.8. The number of imidazole rings is 1. The van der Waals surface area contributed by atoms with E-state index >= 15 is 0 Å². The first kappa shape index (κ1) is 15.9. The van der Waals surface area contributed by atoms with Crippen LogP contribution >= 0.6 is 15.9 Å². The number of anilines is 1. The first-order valence-electron chi connectivity index (χ1n) is 5.90. The third-order valence-electron chi connectivity index (χ3n) is 3.03. The van der Waals surface area contributed by atoms with Gasteiger partial charge in [0.2, 0.25) is 10.0 Å². The SMILES string of the molecule is CN(Cc1nccn1C)S(=O)(=O)c1cc(Br)c(F)cc1N. The van der Waals surface area contributed by atoms with Crippen molar-refractivity contribution < 1.29 is 12.8 Å². The Morgan fingerprint density at radius 2 is 2.14 bits per heavy atom. The summed E-state index contributed by atoms with van der Waals surface area (Å²) in [7, 11) is -0.657. The van der Waals surface area contributed by atoms with E-state index in [0.717, 1.165) is 16.4 Å². The van der Waals surface area contributed by atoms with E-state index in [0.29, 0.717) is 5.82 Å². The lowest BCUT2D eigenvalue weighted by Crippen LogP contribution is -2.28. The fourth-order valence-corrected chi connectivity index (χ4v) is 3.51. The molecule has 21 heavy (non-hydrogen) atoms. The molecule has 1 aromatic heterocycles. The average Bonchev–Trinajstić information content (AvgIpc) is 2.79. The molecule has 2 aromatic rings. The molecule has 0 saturated heterocycles. The monoisotopic (exact) mass is 376 g/mol. The Kier molecular flexibility index (Phi) is 4.35. The van der Waals surface area contributed by atoms with Crippen molar-refractivity contribution in [1.29, 1.82) is 0 Å². The van der Waals surface area contributed by atoms with Crippen LogP contribution in [-0.2, 0) is 23.6 Å². The molecule has 1 aromatic carbocycles. The van der Waals surface area contributed by atoms with Crippen molar-refractivity contribution in [1.82, 2.24) is 13.9 Å². The van der Waals surface area contributed by atoms with Crippen LogP contribution in [-0.4, -0.2) is 29.3 Å². The van der Waals surface area contributed by atoms with Gasteiger partial charge in [0.05, 0.1) is 16.7 Å². The molecule has 114 valence electrons. The summed E-state index contributed by atoms with van der Waals surface area (Å²) in [5.41, 5.74) is 5.49. The molecule has 0 radical (unpaired) electrons. The minimum absolute atomic E-state index is 0.0423. The molecule has 6 nitrogen and oxygen atoms in total. The van der Waals surface area contributed by atoms with Crippen LogP contribution in [0.3, 0.4) is 0 Å². The Morgan fingerprint density at radius 1 is 1.48 bits per heavy atom. The molecule has 2 N–H and O–H groups in total. The van der Waals surface area contributed by atoms with Crippen LogP contribution < -0.4 is 5.73 Å². The molecule has 0 atom stereocenters. The maximum Gasteiger partial charge on any atom is 0.245 e. The number of aryl methyl sites for hydroxylation is 1. The summed E-state index contributed by atoms with van der Waals surface area (Å²) < 4.78 is 41.3. The third-order valence-corrected chi connectivity index (χ3v) is 5.49. The Morgan fingerprint density at radius 3 is 2.71 bits per heavy atom. The number of halogens is 2. The quantitative estimate of drug-likeness (QED) is 0.823. The second-order valence-corrected chi connectivity index (χ2v) is 7.39. The van der Waals surface area contributed by atoms with Crippen LogP contribution in [0.5, 0.6) is 0 Å². The summed E-state index contributed by atoms with van der Waals surface area (Å²) in [4.78, 5) is 3.93. The number of sulfonamides is 1. The standard InChI is InChI=1S/C12H14BrFN4O2S/c1-17-4-3-16-12(17)7-18(2)21(19,20)11-5-8(13)9(14)6-10(11)15/h3-6H,7,15H2,1-2H3. The summed E-state index contributed by atoms with van der Waals surface area (Å²) in [6.07, 6.45) is 3.30.